The van der Waals surface area contributed by atoms with Crippen LogP contribution in [0.25, 0.3) is 33.3 Å². The van der Waals surface area contributed by atoms with Gasteiger partial charge in [-0.25, -0.2) is 4.98 Å². The predicted molar refractivity (Wildman–Crippen MR) is 114 cm³/mol. The maximum absolute atomic E-state index is 12.1. The van der Waals surface area contributed by atoms with Crippen molar-refractivity contribution in [1.29, 1.82) is 0 Å². The molecule has 0 fully saturated rings. The van der Waals surface area contributed by atoms with E-state index in [-0.39, 0.29) is 5.78 Å². The molecule has 3 nitrogen and oxygen atoms in total. The molecule has 0 saturated carbocycles. The predicted octanol–water partition coefficient (Wildman–Crippen LogP) is 6.12. The van der Waals surface area contributed by atoms with Crippen molar-refractivity contribution in [3.05, 3.63) is 84.2 Å². The number of fused-ring (bicyclic) bond motifs is 1. The molecule has 0 N–H and O–H groups in total. The molecule has 28 heavy (non-hydrogen) atoms. The van der Waals surface area contributed by atoms with Crippen molar-refractivity contribution in [2.45, 2.75) is 26.7 Å². The molecular weight excluding hydrogens is 344 g/mol. The van der Waals surface area contributed by atoms with Crippen LogP contribution in [0.3, 0.4) is 0 Å². The van der Waals surface area contributed by atoms with Crippen molar-refractivity contribution in [3.8, 4) is 22.4 Å². The van der Waals surface area contributed by atoms with Gasteiger partial charge in [0.05, 0.1) is 11.2 Å². The summed E-state index contributed by atoms with van der Waals surface area (Å²) in [7, 11) is 0. The summed E-state index contributed by atoms with van der Waals surface area (Å²) in [5, 5.41) is 0.794. The van der Waals surface area contributed by atoms with E-state index < -0.39 is 0 Å². The molecule has 0 radical (unpaired) electrons. The SMILES string of the molecule is CCCc1ccc(-c2ccc(-c3cc(C(C)=O)c4cnccc4n3)cc2)cc1. The number of rotatable bonds is 5. The van der Waals surface area contributed by atoms with Gasteiger partial charge in [0.2, 0.25) is 0 Å². The Bertz CT molecular complexity index is 1130. The first kappa shape index (κ1) is 18.1. The van der Waals surface area contributed by atoms with E-state index in [1.54, 1.807) is 19.3 Å². The first-order valence-electron chi connectivity index (χ1n) is 9.61. The number of carbonyl (C=O) groups excluding carboxylic acids is 1. The van der Waals surface area contributed by atoms with Gasteiger partial charge < -0.3 is 0 Å². The van der Waals surface area contributed by atoms with Gasteiger partial charge in [-0.05, 0) is 42.2 Å². The fourth-order valence-electron chi connectivity index (χ4n) is 3.49. The third-order valence-electron chi connectivity index (χ3n) is 5.00. The van der Waals surface area contributed by atoms with Crippen LogP contribution in [-0.2, 0) is 6.42 Å². The summed E-state index contributed by atoms with van der Waals surface area (Å²) in [5.74, 6) is 0.0189. The van der Waals surface area contributed by atoms with E-state index in [1.165, 1.54) is 16.7 Å². The Morgan fingerprint density at radius 2 is 1.54 bits per heavy atom. The van der Waals surface area contributed by atoms with Crippen molar-refractivity contribution in [1.82, 2.24) is 9.97 Å². The first-order chi connectivity index (χ1) is 13.7. The smallest absolute Gasteiger partial charge is 0.160 e. The standard InChI is InChI=1S/C25H22N2O/c1-3-4-18-5-7-19(8-6-18)20-9-11-21(12-10-20)25-15-22(17(2)28)23-16-26-14-13-24(23)27-25/h5-16H,3-4H2,1-2H3. The molecule has 0 atom stereocenters. The molecule has 0 aliphatic heterocycles. The van der Waals surface area contributed by atoms with Gasteiger partial charge in [-0.1, -0.05) is 61.9 Å². The van der Waals surface area contributed by atoms with Gasteiger partial charge in [0, 0.05) is 28.9 Å². The molecule has 0 amide bonds. The molecule has 0 aliphatic rings. The van der Waals surface area contributed by atoms with E-state index >= 15 is 0 Å². The summed E-state index contributed by atoms with van der Waals surface area (Å²) < 4.78 is 0. The fourth-order valence-corrected chi connectivity index (χ4v) is 3.49. The number of benzene rings is 2. The molecule has 2 aromatic carbocycles. The molecule has 2 aromatic heterocycles. The normalized spacial score (nSPS) is 10.9. The van der Waals surface area contributed by atoms with Crippen LogP contribution in [0.5, 0.6) is 0 Å². The molecular formula is C25H22N2O. The minimum Gasteiger partial charge on any atom is -0.294 e. The minimum absolute atomic E-state index is 0.0189. The van der Waals surface area contributed by atoms with Crippen LogP contribution in [0.15, 0.2) is 73.1 Å². The zero-order valence-electron chi connectivity index (χ0n) is 16.1. The second-order valence-electron chi connectivity index (χ2n) is 7.03. The van der Waals surface area contributed by atoms with E-state index in [1.807, 2.05) is 12.1 Å². The Morgan fingerprint density at radius 1 is 0.893 bits per heavy atom. The number of ketones is 1. The lowest BCUT2D eigenvalue weighted by atomic mass is 9.99. The third-order valence-corrected chi connectivity index (χ3v) is 5.00. The summed E-state index contributed by atoms with van der Waals surface area (Å²) in [5.41, 5.74) is 6.98. The molecule has 0 bridgehead atoms. The van der Waals surface area contributed by atoms with Gasteiger partial charge in [-0.2, -0.15) is 0 Å². The van der Waals surface area contributed by atoms with Crippen LogP contribution in [-0.4, -0.2) is 15.8 Å². The number of aryl methyl sites for hydroxylation is 1. The molecule has 3 heteroatoms. The van der Waals surface area contributed by atoms with Crippen LogP contribution in [0, 0.1) is 0 Å². The fraction of sp³-hybridized carbons (Fsp3) is 0.160. The molecule has 2 heterocycles. The lowest BCUT2D eigenvalue weighted by molar-refractivity contribution is 0.101. The maximum Gasteiger partial charge on any atom is 0.160 e. The average molecular weight is 366 g/mol. The van der Waals surface area contributed by atoms with E-state index in [4.69, 9.17) is 4.98 Å². The molecule has 4 rings (SSSR count). The Labute approximate surface area is 165 Å². The zero-order valence-corrected chi connectivity index (χ0v) is 16.1. The Kier molecular flexibility index (Phi) is 4.98. The quantitative estimate of drug-likeness (QED) is 0.400. The number of carbonyl (C=O) groups is 1. The lowest BCUT2D eigenvalue weighted by Gasteiger charge is -2.09. The summed E-state index contributed by atoms with van der Waals surface area (Å²) in [6.07, 6.45) is 5.68. The molecule has 138 valence electrons. The summed E-state index contributed by atoms with van der Waals surface area (Å²) >= 11 is 0. The first-order valence-corrected chi connectivity index (χ1v) is 9.61. The van der Waals surface area contributed by atoms with Crippen LogP contribution in [0.2, 0.25) is 0 Å². The Morgan fingerprint density at radius 3 is 2.18 bits per heavy atom. The number of Topliss-reactive ketones (excluding diaryl/α,β-unsaturated/α-hetero) is 1. The highest BCUT2D eigenvalue weighted by Gasteiger charge is 2.11. The van der Waals surface area contributed by atoms with Crippen LogP contribution < -0.4 is 0 Å². The second-order valence-corrected chi connectivity index (χ2v) is 7.03. The molecule has 4 aromatic rings. The number of pyridine rings is 2. The number of nitrogens with zero attached hydrogens (tertiary/aromatic N) is 2. The van der Waals surface area contributed by atoms with Crippen molar-refractivity contribution in [3.63, 3.8) is 0 Å². The Hall–Kier alpha value is -3.33. The van der Waals surface area contributed by atoms with Gasteiger partial charge in [0.15, 0.2) is 5.78 Å². The lowest BCUT2D eigenvalue weighted by Crippen LogP contribution is -1.98. The number of hydrogen-bond acceptors (Lipinski definition) is 3. The highest BCUT2D eigenvalue weighted by molar-refractivity contribution is 6.06. The summed E-state index contributed by atoms with van der Waals surface area (Å²) in [6.45, 7) is 3.78. The highest BCUT2D eigenvalue weighted by Crippen LogP contribution is 2.27. The molecule has 0 spiro atoms. The molecule has 0 aliphatic carbocycles. The second kappa shape index (κ2) is 7.73. The summed E-state index contributed by atoms with van der Waals surface area (Å²) in [6, 6.07) is 20.8. The average Bonchev–Trinajstić information content (AvgIpc) is 2.74. The van der Waals surface area contributed by atoms with Crippen molar-refractivity contribution in [2.24, 2.45) is 0 Å². The van der Waals surface area contributed by atoms with Gasteiger partial charge in [0.1, 0.15) is 0 Å². The zero-order chi connectivity index (χ0) is 19.5. The Balaban J connectivity index is 1.70. The third kappa shape index (κ3) is 3.56. The minimum atomic E-state index is 0.0189. The largest absolute Gasteiger partial charge is 0.294 e. The van der Waals surface area contributed by atoms with Gasteiger partial charge in [-0.3, -0.25) is 9.78 Å². The van der Waals surface area contributed by atoms with Crippen LogP contribution in [0.4, 0.5) is 0 Å². The van der Waals surface area contributed by atoms with Crippen molar-refractivity contribution < 1.29 is 4.79 Å². The van der Waals surface area contributed by atoms with Crippen LogP contribution in [0.1, 0.15) is 36.2 Å². The van der Waals surface area contributed by atoms with Crippen LogP contribution >= 0.6 is 0 Å². The number of aromatic nitrogens is 2. The van der Waals surface area contributed by atoms with Crippen molar-refractivity contribution in [2.75, 3.05) is 0 Å². The van der Waals surface area contributed by atoms with Crippen molar-refractivity contribution >= 4 is 16.7 Å². The topological polar surface area (TPSA) is 42.9 Å². The maximum atomic E-state index is 12.1. The van der Waals surface area contributed by atoms with Gasteiger partial charge in [-0.15, -0.1) is 0 Å². The van der Waals surface area contributed by atoms with E-state index in [0.717, 1.165) is 35.0 Å². The molecule has 0 unspecified atom stereocenters. The van der Waals surface area contributed by atoms with E-state index in [2.05, 4.69) is 60.4 Å². The van der Waals surface area contributed by atoms with E-state index in [9.17, 15) is 4.79 Å². The number of hydrogen-bond donors (Lipinski definition) is 0. The molecule has 0 saturated heterocycles. The van der Waals surface area contributed by atoms with Gasteiger partial charge >= 0.3 is 0 Å². The highest BCUT2D eigenvalue weighted by atomic mass is 16.1. The monoisotopic (exact) mass is 366 g/mol. The van der Waals surface area contributed by atoms with Gasteiger partial charge in [0.25, 0.3) is 0 Å². The summed E-state index contributed by atoms with van der Waals surface area (Å²) in [4.78, 5) is 21.0. The van der Waals surface area contributed by atoms with E-state index in [0.29, 0.717) is 5.56 Å².